The number of nitrogens with two attached hydrogens (primary N) is 1. The fraction of sp³-hybridized carbons (Fsp3) is 0.333. The molecule has 0 saturated heterocycles. The molecule has 2 nitrogen and oxygen atoms in total. The molecule has 1 aromatic carbocycles. The lowest BCUT2D eigenvalue weighted by molar-refractivity contribution is 0.804. The van der Waals surface area contributed by atoms with E-state index in [2.05, 4.69) is 5.32 Å². The van der Waals surface area contributed by atoms with Gasteiger partial charge >= 0.3 is 0 Å². The Morgan fingerprint density at radius 1 is 1.29 bits per heavy atom. The molecule has 0 amide bonds. The van der Waals surface area contributed by atoms with Crippen LogP contribution in [0.25, 0.3) is 0 Å². The van der Waals surface area contributed by atoms with Gasteiger partial charge in [-0.05, 0) is 19.1 Å². The summed E-state index contributed by atoms with van der Waals surface area (Å²) in [7, 11) is 0. The molecule has 14 heavy (non-hydrogen) atoms. The molecule has 0 aliphatic carbocycles. The van der Waals surface area contributed by atoms with Gasteiger partial charge in [0.25, 0.3) is 0 Å². The van der Waals surface area contributed by atoms with E-state index in [9.17, 15) is 0 Å². The van der Waals surface area contributed by atoms with Crippen LogP contribution in [0.15, 0.2) is 12.1 Å². The van der Waals surface area contributed by atoms with Crippen molar-refractivity contribution >= 4 is 40.5 Å². The molecule has 0 spiro atoms. The SMILES string of the molecule is CC(CN)Nc1c(Cl)cc(Cl)cc1Cl. The lowest BCUT2D eigenvalue weighted by Crippen LogP contribution is -2.25. The van der Waals surface area contributed by atoms with Gasteiger partial charge in [-0.15, -0.1) is 0 Å². The number of benzene rings is 1. The summed E-state index contributed by atoms with van der Waals surface area (Å²) in [5, 5.41) is 4.63. The molecule has 0 aliphatic rings. The van der Waals surface area contributed by atoms with Crippen molar-refractivity contribution < 1.29 is 0 Å². The molecule has 78 valence electrons. The molecule has 1 rings (SSSR count). The van der Waals surface area contributed by atoms with Gasteiger partial charge in [0.15, 0.2) is 0 Å². The van der Waals surface area contributed by atoms with Gasteiger partial charge in [0.05, 0.1) is 15.7 Å². The maximum atomic E-state index is 5.96. The molecule has 1 aromatic rings. The molecule has 0 aromatic heterocycles. The Bertz CT molecular complexity index is 305. The highest BCUT2D eigenvalue weighted by Crippen LogP contribution is 2.33. The summed E-state index contributed by atoms with van der Waals surface area (Å²) in [4.78, 5) is 0. The third kappa shape index (κ3) is 2.92. The van der Waals surface area contributed by atoms with Gasteiger partial charge in [0, 0.05) is 17.6 Å². The number of rotatable bonds is 3. The van der Waals surface area contributed by atoms with Gasteiger partial charge in [-0.1, -0.05) is 34.8 Å². The lowest BCUT2D eigenvalue weighted by atomic mass is 10.2. The molecular formula is C9H11Cl3N2. The predicted molar refractivity (Wildman–Crippen MR) is 63.6 cm³/mol. The van der Waals surface area contributed by atoms with E-state index in [4.69, 9.17) is 40.5 Å². The summed E-state index contributed by atoms with van der Waals surface area (Å²) < 4.78 is 0. The summed E-state index contributed by atoms with van der Waals surface area (Å²) in [6, 6.07) is 3.40. The normalized spacial score (nSPS) is 12.6. The summed E-state index contributed by atoms with van der Waals surface area (Å²) in [6.07, 6.45) is 0. The maximum Gasteiger partial charge on any atom is 0.0722 e. The molecule has 0 fully saturated rings. The standard InChI is InChI=1S/C9H11Cl3N2/c1-5(4-13)14-9-7(11)2-6(10)3-8(9)12/h2-3,5,14H,4,13H2,1H3. The first-order chi connectivity index (χ1) is 6.54. The minimum atomic E-state index is 0.117. The Morgan fingerprint density at radius 3 is 2.21 bits per heavy atom. The van der Waals surface area contributed by atoms with E-state index < -0.39 is 0 Å². The monoisotopic (exact) mass is 252 g/mol. The Balaban J connectivity index is 2.96. The van der Waals surface area contributed by atoms with Crippen LogP contribution in [0.5, 0.6) is 0 Å². The minimum Gasteiger partial charge on any atom is -0.379 e. The van der Waals surface area contributed by atoms with Crippen molar-refractivity contribution in [3.8, 4) is 0 Å². The molecule has 3 N–H and O–H groups in total. The molecule has 0 saturated carbocycles. The van der Waals surface area contributed by atoms with Crippen LogP contribution in [-0.2, 0) is 0 Å². The van der Waals surface area contributed by atoms with Gasteiger partial charge in [-0.2, -0.15) is 0 Å². The average Bonchev–Trinajstić information content (AvgIpc) is 2.10. The Kier molecular flexibility index (Phi) is 4.32. The third-order valence-electron chi connectivity index (χ3n) is 1.75. The zero-order valence-corrected chi connectivity index (χ0v) is 9.92. The van der Waals surface area contributed by atoms with Crippen LogP contribution in [0.1, 0.15) is 6.92 Å². The lowest BCUT2D eigenvalue weighted by Gasteiger charge is -2.15. The van der Waals surface area contributed by atoms with Crippen molar-refractivity contribution in [2.75, 3.05) is 11.9 Å². The van der Waals surface area contributed by atoms with E-state index in [0.717, 1.165) is 0 Å². The zero-order chi connectivity index (χ0) is 10.7. The van der Waals surface area contributed by atoms with Crippen molar-refractivity contribution in [1.29, 1.82) is 0 Å². The first kappa shape index (κ1) is 11.9. The van der Waals surface area contributed by atoms with Crippen LogP contribution in [0, 0.1) is 0 Å². The number of halogens is 3. The molecule has 5 heteroatoms. The van der Waals surface area contributed by atoms with Gasteiger partial charge in [-0.25, -0.2) is 0 Å². The van der Waals surface area contributed by atoms with E-state index in [1.807, 2.05) is 6.92 Å². The van der Waals surface area contributed by atoms with Crippen LogP contribution in [0.3, 0.4) is 0 Å². The number of anilines is 1. The molecule has 0 bridgehead atoms. The number of hydrogen-bond acceptors (Lipinski definition) is 2. The van der Waals surface area contributed by atoms with E-state index in [1.165, 1.54) is 0 Å². The fourth-order valence-corrected chi connectivity index (χ4v) is 1.91. The molecular weight excluding hydrogens is 242 g/mol. The largest absolute Gasteiger partial charge is 0.379 e. The van der Waals surface area contributed by atoms with E-state index >= 15 is 0 Å². The Morgan fingerprint density at radius 2 is 1.79 bits per heavy atom. The zero-order valence-electron chi connectivity index (χ0n) is 7.65. The maximum absolute atomic E-state index is 5.96. The second-order valence-electron chi connectivity index (χ2n) is 3.03. The molecule has 0 radical (unpaired) electrons. The Labute approximate surface area is 98.3 Å². The highest BCUT2D eigenvalue weighted by atomic mass is 35.5. The smallest absolute Gasteiger partial charge is 0.0722 e. The molecule has 1 unspecified atom stereocenters. The number of nitrogens with one attached hydrogen (secondary N) is 1. The van der Waals surface area contributed by atoms with Crippen LogP contribution in [0.4, 0.5) is 5.69 Å². The van der Waals surface area contributed by atoms with Crippen molar-refractivity contribution in [1.82, 2.24) is 0 Å². The van der Waals surface area contributed by atoms with Gasteiger partial charge in [0.2, 0.25) is 0 Å². The average molecular weight is 254 g/mol. The van der Waals surface area contributed by atoms with E-state index in [1.54, 1.807) is 12.1 Å². The van der Waals surface area contributed by atoms with Crippen molar-refractivity contribution in [2.45, 2.75) is 13.0 Å². The van der Waals surface area contributed by atoms with Gasteiger partial charge < -0.3 is 11.1 Å². The second-order valence-corrected chi connectivity index (χ2v) is 4.28. The molecule has 0 aliphatic heterocycles. The predicted octanol–water partition coefficient (Wildman–Crippen LogP) is 3.41. The number of hydrogen-bond donors (Lipinski definition) is 2. The van der Waals surface area contributed by atoms with Crippen LogP contribution in [0.2, 0.25) is 15.1 Å². The summed E-state index contributed by atoms with van der Waals surface area (Å²) in [5.74, 6) is 0. The summed E-state index contributed by atoms with van der Waals surface area (Å²) in [5.41, 5.74) is 6.15. The second kappa shape index (κ2) is 5.08. The highest BCUT2D eigenvalue weighted by molar-refractivity contribution is 6.41. The van der Waals surface area contributed by atoms with E-state index in [0.29, 0.717) is 27.3 Å². The van der Waals surface area contributed by atoms with E-state index in [-0.39, 0.29) is 6.04 Å². The first-order valence-corrected chi connectivity index (χ1v) is 5.29. The van der Waals surface area contributed by atoms with Crippen molar-refractivity contribution in [3.05, 3.63) is 27.2 Å². The van der Waals surface area contributed by atoms with Crippen LogP contribution >= 0.6 is 34.8 Å². The van der Waals surface area contributed by atoms with Crippen LogP contribution < -0.4 is 11.1 Å². The van der Waals surface area contributed by atoms with Crippen LogP contribution in [-0.4, -0.2) is 12.6 Å². The van der Waals surface area contributed by atoms with Gasteiger partial charge in [0.1, 0.15) is 0 Å². The molecule has 0 heterocycles. The highest BCUT2D eigenvalue weighted by Gasteiger charge is 2.09. The fourth-order valence-electron chi connectivity index (χ4n) is 0.985. The van der Waals surface area contributed by atoms with Gasteiger partial charge in [-0.3, -0.25) is 0 Å². The quantitative estimate of drug-likeness (QED) is 0.866. The molecule has 1 atom stereocenters. The minimum absolute atomic E-state index is 0.117. The van der Waals surface area contributed by atoms with Crippen molar-refractivity contribution in [3.63, 3.8) is 0 Å². The summed E-state index contributed by atoms with van der Waals surface area (Å²) >= 11 is 17.7. The Hall–Kier alpha value is -0.150. The summed E-state index contributed by atoms with van der Waals surface area (Å²) in [6.45, 7) is 2.45. The van der Waals surface area contributed by atoms with Crippen molar-refractivity contribution in [2.24, 2.45) is 5.73 Å². The third-order valence-corrected chi connectivity index (χ3v) is 2.57. The first-order valence-electron chi connectivity index (χ1n) is 4.15. The topological polar surface area (TPSA) is 38.0 Å².